The lowest BCUT2D eigenvalue weighted by Gasteiger charge is -2.23. The molecule has 70 valence electrons. The topological polar surface area (TPSA) is 49.3 Å². The molecule has 1 fully saturated rings. The van der Waals surface area contributed by atoms with Gasteiger partial charge in [0, 0.05) is 11.0 Å². The Morgan fingerprint density at radius 2 is 2.50 bits per heavy atom. The molecule has 1 rings (SSSR count). The quantitative estimate of drug-likeness (QED) is 0.694. The summed E-state index contributed by atoms with van der Waals surface area (Å²) in [7, 11) is 0. The molecule has 2 N–H and O–H groups in total. The highest BCUT2D eigenvalue weighted by Crippen LogP contribution is 2.34. The average molecular weight is 189 g/mol. The van der Waals surface area contributed by atoms with E-state index in [0.717, 1.165) is 13.0 Å². The first-order chi connectivity index (χ1) is 5.60. The Morgan fingerprint density at radius 1 is 1.83 bits per heavy atom. The molecule has 1 aliphatic rings. The molecule has 1 heterocycles. The van der Waals surface area contributed by atoms with E-state index in [1.165, 1.54) is 0 Å². The zero-order chi connectivity index (χ0) is 9.19. The largest absolute Gasteiger partial charge is 0.480 e. The fraction of sp³-hybridized carbons (Fsp3) is 0.875. The van der Waals surface area contributed by atoms with Gasteiger partial charge in [0.25, 0.3) is 0 Å². The van der Waals surface area contributed by atoms with E-state index >= 15 is 0 Å². The molecule has 0 radical (unpaired) electrons. The molecule has 0 spiro atoms. The van der Waals surface area contributed by atoms with Crippen LogP contribution in [0.2, 0.25) is 0 Å². The molecule has 1 aliphatic heterocycles. The summed E-state index contributed by atoms with van der Waals surface area (Å²) < 4.78 is 0. The van der Waals surface area contributed by atoms with E-state index in [2.05, 4.69) is 12.2 Å². The van der Waals surface area contributed by atoms with Crippen molar-refractivity contribution in [1.29, 1.82) is 0 Å². The van der Waals surface area contributed by atoms with Crippen LogP contribution in [0.3, 0.4) is 0 Å². The van der Waals surface area contributed by atoms with Crippen molar-refractivity contribution in [3.63, 3.8) is 0 Å². The molecule has 0 aromatic rings. The van der Waals surface area contributed by atoms with Crippen LogP contribution in [0.4, 0.5) is 0 Å². The molecule has 3 nitrogen and oxygen atoms in total. The Balaban J connectivity index is 2.67. The third-order valence-corrected chi connectivity index (χ3v) is 3.57. The Labute approximate surface area is 76.9 Å². The van der Waals surface area contributed by atoms with Crippen molar-refractivity contribution in [1.82, 2.24) is 5.32 Å². The van der Waals surface area contributed by atoms with E-state index in [-0.39, 0.29) is 0 Å². The number of carboxylic acid groups (broad SMARTS) is 1. The Morgan fingerprint density at radius 3 is 2.83 bits per heavy atom. The molecular formula is C8H15NO2S. The fourth-order valence-electron chi connectivity index (χ4n) is 1.58. The number of nitrogens with one attached hydrogen (secondary N) is 1. The van der Waals surface area contributed by atoms with Crippen molar-refractivity contribution in [3.8, 4) is 0 Å². The third-order valence-electron chi connectivity index (χ3n) is 2.17. The van der Waals surface area contributed by atoms with Gasteiger partial charge in [0.2, 0.25) is 0 Å². The van der Waals surface area contributed by atoms with Crippen LogP contribution < -0.4 is 5.32 Å². The van der Waals surface area contributed by atoms with Crippen molar-refractivity contribution in [3.05, 3.63) is 0 Å². The van der Waals surface area contributed by atoms with Crippen LogP contribution in [-0.4, -0.2) is 34.2 Å². The molecule has 4 heteroatoms. The molecule has 0 aliphatic carbocycles. The second-order valence-corrected chi connectivity index (χ2v) is 4.67. The smallest absolute Gasteiger partial charge is 0.324 e. The minimum absolute atomic E-state index is 0.458. The summed E-state index contributed by atoms with van der Waals surface area (Å²) in [6, 6.07) is 0. The Bertz CT molecular complexity index is 182. The molecular weight excluding hydrogens is 174 g/mol. The lowest BCUT2D eigenvalue weighted by Crippen LogP contribution is -2.52. The van der Waals surface area contributed by atoms with E-state index in [9.17, 15) is 4.79 Å². The van der Waals surface area contributed by atoms with Gasteiger partial charge in [-0.25, -0.2) is 0 Å². The summed E-state index contributed by atoms with van der Waals surface area (Å²) in [4.78, 5) is 11.0. The highest BCUT2D eigenvalue weighted by atomic mass is 32.2. The zero-order valence-electron chi connectivity index (χ0n) is 7.46. The van der Waals surface area contributed by atoms with Crippen molar-refractivity contribution in [2.24, 2.45) is 0 Å². The van der Waals surface area contributed by atoms with Crippen LogP contribution in [0.1, 0.15) is 20.3 Å². The first-order valence-electron chi connectivity index (χ1n) is 4.21. The van der Waals surface area contributed by atoms with E-state index in [1.54, 1.807) is 11.8 Å². The van der Waals surface area contributed by atoms with E-state index in [1.807, 2.05) is 6.92 Å². The van der Waals surface area contributed by atoms with Gasteiger partial charge in [0.15, 0.2) is 0 Å². The van der Waals surface area contributed by atoms with Gasteiger partial charge in [-0.15, -0.1) is 0 Å². The van der Waals surface area contributed by atoms with Crippen molar-refractivity contribution >= 4 is 17.7 Å². The summed E-state index contributed by atoms with van der Waals surface area (Å²) >= 11 is 1.73. The van der Waals surface area contributed by atoms with Gasteiger partial charge in [-0.05, 0) is 13.0 Å². The van der Waals surface area contributed by atoms with Gasteiger partial charge in [-0.3, -0.25) is 4.79 Å². The molecule has 0 amide bonds. The van der Waals surface area contributed by atoms with Crippen molar-refractivity contribution in [2.45, 2.75) is 31.1 Å². The molecule has 1 saturated heterocycles. The number of hydrogen-bond donors (Lipinski definition) is 2. The summed E-state index contributed by atoms with van der Waals surface area (Å²) in [6.07, 6.45) is 0.737. The van der Waals surface area contributed by atoms with Crippen molar-refractivity contribution in [2.75, 3.05) is 12.3 Å². The number of aliphatic carboxylic acids is 1. The number of likely N-dealkylation sites (N-methyl/N-ethyl adjacent to an activating group) is 1. The molecule has 0 aromatic carbocycles. The van der Waals surface area contributed by atoms with Gasteiger partial charge >= 0.3 is 5.97 Å². The molecule has 0 aromatic heterocycles. The lowest BCUT2D eigenvalue weighted by atomic mass is 9.96. The van der Waals surface area contributed by atoms with E-state index in [0.29, 0.717) is 11.0 Å². The molecule has 0 saturated carbocycles. The van der Waals surface area contributed by atoms with Crippen LogP contribution in [0.15, 0.2) is 0 Å². The minimum atomic E-state index is -0.707. The lowest BCUT2D eigenvalue weighted by molar-refractivity contribution is -0.143. The zero-order valence-corrected chi connectivity index (χ0v) is 8.28. The number of rotatable bonds is 3. The standard InChI is InChI=1S/C8H15NO2S/c1-3-9-8(7(10)11)4-6(2)12-5-8/h6,9H,3-5H2,1-2H3,(H,10,11). The number of thioether (sulfide) groups is 1. The summed E-state index contributed by atoms with van der Waals surface area (Å²) in [5.41, 5.74) is -0.654. The fourth-order valence-corrected chi connectivity index (χ4v) is 2.89. The van der Waals surface area contributed by atoms with Crippen molar-refractivity contribution < 1.29 is 9.90 Å². The Hall–Kier alpha value is -0.220. The number of carbonyl (C=O) groups is 1. The summed E-state index contributed by atoms with van der Waals surface area (Å²) in [5, 5.41) is 12.6. The Kier molecular flexibility index (Phi) is 3.01. The predicted octanol–water partition coefficient (Wildman–Crippen LogP) is 0.945. The minimum Gasteiger partial charge on any atom is -0.480 e. The van der Waals surface area contributed by atoms with Gasteiger partial charge in [-0.2, -0.15) is 11.8 Å². The van der Waals surface area contributed by atoms with Gasteiger partial charge in [0.1, 0.15) is 5.54 Å². The van der Waals surface area contributed by atoms with Crippen LogP contribution in [-0.2, 0) is 4.79 Å². The molecule has 0 bridgehead atoms. The second kappa shape index (κ2) is 3.66. The molecule has 2 unspecified atom stereocenters. The highest BCUT2D eigenvalue weighted by Gasteiger charge is 2.43. The van der Waals surface area contributed by atoms with Crippen LogP contribution in [0, 0.1) is 0 Å². The number of hydrogen-bond acceptors (Lipinski definition) is 3. The molecule has 12 heavy (non-hydrogen) atoms. The third kappa shape index (κ3) is 1.75. The predicted molar refractivity (Wildman–Crippen MR) is 50.6 cm³/mol. The molecule has 2 atom stereocenters. The maximum absolute atomic E-state index is 11.0. The highest BCUT2D eigenvalue weighted by molar-refractivity contribution is 8.00. The van der Waals surface area contributed by atoms with Gasteiger partial charge in [0.05, 0.1) is 0 Å². The van der Waals surface area contributed by atoms with E-state index < -0.39 is 11.5 Å². The van der Waals surface area contributed by atoms with E-state index in [4.69, 9.17) is 5.11 Å². The van der Waals surface area contributed by atoms with Gasteiger partial charge < -0.3 is 10.4 Å². The second-order valence-electron chi connectivity index (χ2n) is 3.24. The summed E-state index contributed by atoms with van der Waals surface area (Å²) in [6.45, 7) is 4.74. The van der Waals surface area contributed by atoms with Crippen LogP contribution in [0.5, 0.6) is 0 Å². The average Bonchev–Trinajstić information content (AvgIpc) is 2.34. The summed E-state index contributed by atoms with van der Waals surface area (Å²) in [5.74, 6) is -0.0154. The van der Waals surface area contributed by atoms with Crippen LogP contribution in [0.25, 0.3) is 0 Å². The van der Waals surface area contributed by atoms with Crippen LogP contribution >= 0.6 is 11.8 Å². The first-order valence-corrected chi connectivity index (χ1v) is 5.25. The number of carboxylic acids is 1. The van der Waals surface area contributed by atoms with Gasteiger partial charge in [-0.1, -0.05) is 13.8 Å². The maximum Gasteiger partial charge on any atom is 0.324 e. The monoisotopic (exact) mass is 189 g/mol. The SMILES string of the molecule is CCNC1(C(=O)O)CSC(C)C1. The first kappa shape index (κ1) is 9.86. The normalized spacial score (nSPS) is 35.3. The maximum atomic E-state index is 11.0.